The zero-order chi connectivity index (χ0) is 11.7. The van der Waals surface area contributed by atoms with E-state index in [4.69, 9.17) is 4.74 Å². The third-order valence-electron chi connectivity index (χ3n) is 2.50. The van der Waals surface area contributed by atoms with Gasteiger partial charge in [-0.1, -0.05) is 18.2 Å². The standard InChI is InChI=1S/C11H10N4O2/c16-10(17-11-12-5-6-13-11)9-7-3-1-2-4-8(7)14-15-9/h1-4H,5-6H2,(H,12,13)(H,14,15). The number of carbonyl (C=O) groups is 1. The van der Waals surface area contributed by atoms with Crippen molar-refractivity contribution in [1.82, 2.24) is 15.5 Å². The van der Waals surface area contributed by atoms with Gasteiger partial charge in [0.2, 0.25) is 0 Å². The summed E-state index contributed by atoms with van der Waals surface area (Å²) in [4.78, 5) is 15.8. The van der Waals surface area contributed by atoms with Gasteiger partial charge in [-0.3, -0.25) is 5.10 Å². The Labute approximate surface area is 96.7 Å². The molecule has 0 atom stereocenters. The molecule has 0 spiro atoms. The van der Waals surface area contributed by atoms with Crippen LogP contribution < -0.4 is 5.32 Å². The molecule has 17 heavy (non-hydrogen) atoms. The van der Waals surface area contributed by atoms with Crippen molar-refractivity contribution < 1.29 is 9.53 Å². The molecule has 86 valence electrons. The molecule has 3 rings (SSSR count). The van der Waals surface area contributed by atoms with Gasteiger partial charge in [-0.25, -0.2) is 9.79 Å². The van der Waals surface area contributed by atoms with Crippen LogP contribution in [0.15, 0.2) is 29.3 Å². The van der Waals surface area contributed by atoms with E-state index in [2.05, 4.69) is 20.5 Å². The zero-order valence-electron chi connectivity index (χ0n) is 8.93. The number of nitrogens with one attached hydrogen (secondary N) is 2. The van der Waals surface area contributed by atoms with Crippen LogP contribution in [0.4, 0.5) is 0 Å². The first-order valence-corrected chi connectivity index (χ1v) is 5.28. The largest absolute Gasteiger partial charge is 0.388 e. The molecule has 1 aromatic heterocycles. The Bertz CT molecular complexity index is 602. The normalized spacial score (nSPS) is 14.5. The highest BCUT2D eigenvalue weighted by molar-refractivity contribution is 6.05. The van der Waals surface area contributed by atoms with E-state index < -0.39 is 5.97 Å². The number of para-hydroxylation sites is 1. The minimum Gasteiger partial charge on any atom is -0.388 e. The van der Waals surface area contributed by atoms with Crippen LogP contribution in [-0.2, 0) is 4.74 Å². The van der Waals surface area contributed by atoms with Crippen molar-refractivity contribution in [2.24, 2.45) is 4.99 Å². The number of hydrogen-bond acceptors (Lipinski definition) is 5. The summed E-state index contributed by atoms with van der Waals surface area (Å²) in [7, 11) is 0. The number of aromatic nitrogens is 2. The van der Waals surface area contributed by atoms with Gasteiger partial charge in [-0.15, -0.1) is 0 Å². The number of aromatic amines is 1. The first kappa shape index (κ1) is 9.83. The van der Waals surface area contributed by atoms with Crippen molar-refractivity contribution in [2.75, 3.05) is 13.1 Å². The van der Waals surface area contributed by atoms with Crippen molar-refractivity contribution in [3.05, 3.63) is 30.0 Å². The molecule has 0 aliphatic carbocycles. The van der Waals surface area contributed by atoms with Crippen LogP contribution in [0.1, 0.15) is 10.5 Å². The van der Waals surface area contributed by atoms with Crippen molar-refractivity contribution in [3.8, 4) is 0 Å². The van der Waals surface area contributed by atoms with Crippen LogP contribution in [0, 0.1) is 0 Å². The Morgan fingerprint density at radius 1 is 1.35 bits per heavy atom. The maximum atomic E-state index is 11.9. The average molecular weight is 230 g/mol. The molecule has 0 saturated heterocycles. The number of aliphatic imine (C=N–C) groups is 1. The monoisotopic (exact) mass is 230 g/mol. The summed E-state index contributed by atoms with van der Waals surface area (Å²) in [5.74, 6) is -0.504. The molecule has 6 heteroatoms. The first-order valence-electron chi connectivity index (χ1n) is 5.28. The molecule has 1 aliphatic rings. The minimum atomic E-state index is -0.504. The fraction of sp³-hybridized carbons (Fsp3) is 0.182. The predicted octanol–water partition coefficient (Wildman–Crippen LogP) is 0.679. The van der Waals surface area contributed by atoms with E-state index in [-0.39, 0.29) is 11.7 Å². The molecule has 2 N–H and O–H groups in total. The number of fused-ring (bicyclic) bond motifs is 1. The molecule has 2 aromatic rings. The number of esters is 1. The van der Waals surface area contributed by atoms with E-state index in [0.29, 0.717) is 13.1 Å². The second-order valence-electron chi connectivity index (χ2n) is 3.62. The van der Waals surface area contributed by atoms with Gasteiger partial charge in [-0.05, 0) is 6.07 Å². The second-order valence-corrected chi connectivity index (χ2v) is 3.62. The van der Waals surface area contributed by atoms with Crippen LogP contribution in [0.25, 0.3) is 10.9 Å². The van der Waals surface area contributed by atoms with E-state index in [1.165, 1.54) is 0 Å². The van der Waals surface area contributed by atoms with Gasteiger partial charge in [0.25, 0.3) is 6.02 Å². The lowest BCUT2D eigenvalue weighted by Crippen LogP contribution is -2.24. The summed E-state index contributed by atoms with van der Waals surface area (Å²) in [5, 5.41) is 10.4. The van der Waals surface area contributed by atoms with E-state index >= 15 is 0 Å². The quantitative estimate of drug-likeness (QED) is 0.706. The highest BCUT2D eigenvalue weighted by atomic mass is 16.6. The Morgan fingerprint density at radius 2 is 2.24 bits per heavy atom. The number of ether oxygens (including phenoxy) is 1. The van der Waals surface area contributed by atoms with Crippen molar-refractivity contribution in [1.29, 1.82) is 0 Å². The van der Waals surface area contributed by atoms with Crippen molar-refractivity contribution >= 4 is 22.9 Å². The van der Waals surface area contributed by atoms with Gasteiger partial charge >= 0.3 is 5.97 Å². The van der Waals surface area contributed by atoms with Crippen LogP contribution in [0.3, 0.4) is 0 Å². The molecular formula is C11H10N4O2. The Balaban J connectivity index is 1.90. The highest BCUT2D eigenvalue weighted by Crippen LogP contribution is 2.15. The van der Waals surface area contributed by atoms with Gasteiger partial charge in [0.15, 0.2) is 5.69 Å². The van der Waals surface area contributed by atoms with Gasteiger partial charge in [-0.2, -0.15) is 5.10 Å². The van der Waals surface area contributed by atoms with Crippen LogP contribution >= 0.6 is 0 Å². The van der Waals surface area contributed by atoms with Crippen LogP contribution in [0.5, 0.6) is 0 Å². The van der Waals surface area contributed by atoms with Gasteiger partial charge in [0.05, 0.1) is 12.1 Å². The fourth-order valence-electron chi connectivity index (χ4n) is 1.70. The Hall–Kier alpha value is -2.37. The molecule has 6 nitrogen and oxygen atoms in total. The highest BCUT2D eigenvalue weighted by Gasteiger charge is 2.18. The second kappa shape index (κ2) is 3.89. The van der Waals surface area contributed by atoms with E-state index in [9.17, 15) is 4.79 Å². The number of rotatable bonds is 1. The summed E-state index contributed by atoms with van der Waals surface area (Å²) in [5.41, 5.74) is 1.08. The number of benzene rings is 1. The van der Waals surface area contributed by atoms with Crippen LogP contribution in [0.2, 0.25) is 0 Å². The Kier molecular flexibility index (Phi) is 2.25. The molecular weight excluding hydrogens is 220 g/mol. The maximum Gasteiger partial charge on any atom is 0.367 e. The number of H-pyrrole nitrogens is 1. The molecule has 0 saturated carbocycles. The summed E-state index contributed by atoms with van der Waals surface area (Å²) in [6.07, 6.45) is 0. The molecule has 1 aliphatic heterocycles. The van der Waals surface area contributed by atoms with Gasteiger partial charge in [0.1, 0.15) is 0 Å². The topological polar surface area (TPSA) is 79.4 Å². The summed E-state index contributed by atoms with van der Waals surface area (Å²) in [6, 6.07) is 7.66. The first-order chi connectivity index (χ1) is 8.34. The third-order valence-corrected chi connectivity index (χ3v) is 2.50. The van der Waals surface area contributed by atoms with E-state index in [1.54, 1.807) is 0 Å². The molecule has 0 amide bonds. The number of hydrogen-bond donors (Lipinski definition) is 2. The zero-order valence-corrected chi connectivity index (χ0v) is 8.93. The summed E-state index contributed by atoms with van der Waals surface area (Å²) < 4.78 is 5.08. The van der Waals surface area contributed by atoms with Crippen molar-refractivity contribution in [3.63, 3.8) is 0 Å². The van der Waals surface area contributed by atoms with E-state index in [1.807, 2.05) is 24.3 Å². The maximum absolute atomic E-state index is 11.9. The van der Waals surface area contributed by atoms with Gasteiger partial charge in [0, 0.05) is 11.9 Å². The number of nitrogens with zero attached hydrogens (tertiary/aromatic N) is 2. The summed E-state index contributed by atoms with van der Waals surface area (Å²) >= 11 is 0. The SMILES string of the molecule is O=C(OC1=NCCN1)c1n[nH]c2ccccc12. The number of carbonyl (C=O) groups excluding carboxylic acids is 1. The molecule has 0 unspecified atom stereocenters. The Morgan fingerprint density at radius 3 is 3.06 bits per heavy atom. The molecule has 0 bridgehead atoms. The lowest BCUT2D eigenvalue weighted by molar-refractivity contribution is 0.0706. The fourth-order valence-corrected chi connectivity index (χ4v) is 1.70. The minimum absolute atomic E-state index is 0.266. The third kappa shape index (κ3) is 1.73. The smallest absolute Gasteiger partial charge is 0.367 e. The number of amidine groups is 1. The molecule has 0 radical (unpaired) electrons. The predicted molar refractivity (Wildman–Crippen MR) is 61.8 cm³/mol. The molecule has 0 fully saturated rings. The van der Waals surface area contributed by atoms with E-state index in [0.717, 1.165) is 10.9 Å². The average Bonchev–Trinajstić information content (AvgIpc) is 2.96. The van der Waals surface area contributed by atoms with Gasteiger partial charge < -0.3 is 10.1 Å². The lowest BCUT2D eigenvalue weighted by Gasteiger charge is -2.01. The van der Waals surface area contributed by atoms with Crippen molar-refractivity contribution in [2.45, 2.75) is 0 Å². The molecule has 1 aromatic carbocycles. The lowest BCUT2D eigenvalue weighted by atomic mass is 10.2. The van der Waals surface area contributed by atoms with Crippen LogP contribution in [-0.4, -0.2) is 35.3 Å². The molecule has 2 heterocycles. The summed E-state index contributed by atoms with van der Waals surface area (Å²) in [6.45, 7) is 1.33.